The van der Waals surface area contributed by atoms with Gasteiger partial charge in [-0.1, -0.05) is 0 Å². The molecule has 1 aliphatic rings. The Morgan fingerprint density at radius 2 is 2.04 bits per heavy atom. The fourth-order valence-corrected chi connectivity index (χ4v) is 2.46. The first-order valence-corrected chi connectivity index (χ1v) is 8.26. The van der Waals surface area contributed by atoms with Crippen LogP contribution in [0.25, 0.3) is 0 Å². The van der Waals surface area contributed by atoms with Crippen LogP contribution in [-0.2, 0) is 16.0 Å². The van der Waals surface area contributed by atoms with Crippen molar-refractivity contribution in [3.63, 3.8) is 0 Å². The zero-order chi connectivity index (χ0) is 17.2. The lowest BCUT2D eigenvalue weighted by Crippen LogP contribution is -2.36. The van der Waals surface area contributed by atoms with Crippen LogP contribution in [0.5, 0.6) is 0 Å². The van der Waals surface area contributed by atoms with Gasteiger partial charge in [0.15, 0.2) is 0 Å². The molecule has 1 heterocycles. The van der Waals surface area contributed by atoms with E-state index in [2.05, 4.69) is 10.6 Å². The van der Waals surface area contributed by atoms with Gasteiger partial charge in [-0.25, -0.2) is 13.6 Å². The summed E-state index contributed by atoms with van der Waals surface area (Å²) in [5, 5.41) is 5.16. The molecule has 1 aliphatic heterocycles. The molecule has 2 rings (SSSR count). The number of halogens is 2. The Morgan fingerprint density at radius 3 is 2.83 bits per heavy atom. The maximum absolute atomic E-state index is 13.4. The van der Waals surface area contributed by atoms with Crippen LogP contribution in [0.3, 0.4) is 0 Å². The van der Waals surface area contributed by atoms with E-state index in [0.717, 1.165) is 50.9 Å². The molecule has 0 spiro atoms. The number of rotatable bonds is 8. The number of nitrogens with one attached hydrogen (secondary N) is 2. The van der Waals surface area contributed by atoms with E-state index >= 15 is 0 Å². The Hall–Kier alpha value is -1.73. The van der Waals surface area contributed by atoms with Gasteiger partial charge >= 0.3 is 6.03 Å². The molecule has 0 bridgehead atoms. The van der Waals surface area contributed by atoms with Gasteiger partial charge in [-0.05, 0) is 43.4 Å². The summed E-state index contributed by atoms with van der Waals surface area (Å²) in [6.45, 7) is 3.33. The van der Waals surface area contributed by atoms with Gasteiger partial charge in [-0.2, -0.15) is 0 Å². The fraction of sp³-hybridized carbons (Fsp3) is 0.588. The lowest BCUT2D eigenvalue weighted by atomic mass is 10.0. The molecule has 24 heavy (non-hydrogen) atoms. The molecule has 2 N–H and O–H groups in total. The molecule has 2 amide bonds. The molecule has 0 radical (unpaired) electrons. The number of amides is 2. The van der Waals surface area contributed by atoms with Crippen LogP contribution in [0, 0.1) is 17.6 Å². The Balaban J connectivity index is 1.51. The maximum atomic E-state index is 13.4. The van der Waals surface area contributed by atoms with Crippen LogP contribution in [0.4, 0.5) is 13.6 Å². The van der Waals surface area contributed by atoms with Gasteiger partial charge in [-0.3, -0.25) is 0 Å². The summed E-state index contributed by atoms with van der Waals surface area (Å²) in [5.74, 6) is -0.510. The van der Waals surface area contributed by atoms with Crippen molar-refractivity contribution >= 4 is 6.03 Å². The van der Waals surface area contributed by atoms with Crippen LogP contribution in [0.2, 0.25) is 0 Å². The van der Waals surface area contributed by atoms with E-state index in [1.54, 1.807) is 0 Å². The summed E-state index contributed by atoms with van der Waals surface area (Å²) in [4.78, 5) is 11.6. The minimum Gasteiger partial charge on any atom is -0.381 e. The Bertz CT molecular complexity index is 523. The van der Waals surface area contributed by atoms with Crippen molar-refractivity contribution in [3.8, 4) is 0 Å². The number of carbonyl (C=O) groups excluding carboxylic acids is 1. The highest BCUT2D eigenvalue weighted by atomic mass is 19.1. The summed E-state index contributed by atoms with van der Waals surface area (Å²) in [5.41, 5.74) is 0.116. The molecule has 134 valence electrons. The lowest BCUT2D eigenvalue weighted by Gasteiger charge is -2.21. The van der Waals surface area contributed by atoms with Gasteiger partial charge in [-0.15, -0.1) is 0 Å². The largest absolute Gasteiger partial charge is 0.381 e. The number of ether oxygens (including phenoxy) is 2. The molecular formula is C17H24F2N2O3. The van der Waals surface area contributed by atoms with E-state index in [-0.39, 0.29) is 12.1 Å². The lowest BCUT2D eigenvalue weighted by molar-refractivity contribution is 0.0203. The second kappa shape index (κ2) is 10.2. The number of hydrogen-bond acceptors (Lipinski definition) is 3. The van der Waals surface area contributed by atoms with E-state index in [1.807, 2.05) is 0 Å². The number of urea groups is 1. The van der Waals surface area contributed by atoms with Crippen molar-refractivity contribution in [3.05, 3.63) is 35.4 Å². The summed E-state index contributed by atoms with van der Waals surface area (Å²) < 4.78 is 37.3. The molecule has 0 aromatic heterocycles. The summed E-state index contributed by atoms with van der Waals surface area (Å²) in [7, 11) is 0. The minimum absolute atomic E-state index is 0.0598. The Kier molecular flexibility index (Phi) is 7.91. The van der Waals surface area contributed by atoms with Gasteiger partial charge in [0.1, 0.15) is 11.6 Å². The van der Waals surface area contributed by atoms with Crippen molar-refractivity contribution < 1.29 is 23.0 Å². The monoisotopic (exact) mass is 342 g/mol. The molecule has 1 aromatic carbocycles. The fourth-order valence-electron chi connectivity index (χ4n) is 2.46. The molecule has 5 nitrogen and oxygen atoms in total. The first kappa shape index (κ1) is 18.6. The SMILES string of the molecule is O=C(NCCCOCC1CCOCC1)NCc1cc(F)ccc1F. The molecule has 0 unspecified atom stereocenters. The molecule has 1 aromatic rings. The maximum Gasteiger partial charge on any atom is 0.315 e. The van der Waals surface area contributed by atoms with Crippen molar-refractivity contribution in [2.75, 3.05) is 33.0 Å². The second-order valence-electron chi connectivity index (χ2n) is 5.83. The quantitative estimate of drug-likeness (QED) is 0.714. The van der Waals surface area contributed by atoms with E-state index in [9.17, 15) is 13.6 Å². The number of hydrogen-bond donors (Lipinski definition) is 2. The molecule has 7 heteroatoms. The minimum atomic E-state index is -0.543. The third kappa shape index (κ3) is 6.80. The first-order valence-electron chi connectivity index (χ1n) is 8.26. The third-order valence-corrected chi connectivity index (χ3v) is 3.89. The molecule has 0 saturated carbocycles. The van der Waals surface area contributed by atoms with E-state index in [4.69, 9.17) is 9.47 Å². The molecule has 0 atom stereocenters. The second-order valence-corrected chi connectivity index (χ2v) is 5.83. The highest BCUT2D eigenvalue weighted by molar-refractivity contribution is 5.73. The van der Waals surface area contributed by atoms with Crippen LogP contribution in [-0.4, -0.2) is 39.0 Å². The van der Waals surface area contributed by atoms with Gasteiger partial charge in [0.25, 0.3) is 0 Å². The van der Waals surface area contributed by atoms with Gasteiger partial charge in [0, 0.05) is 45.1 Å². The average Bonchev–Trinajstić information content (AvgIpc) is 2.59. The van der Waals surface area contributed by atoms with Crippen LogP contribution in [0.15, 0.2) is 18.2 Å². The van der Waals surface area contributed by atoms with E-state index in [1.165, 1.54) is 0 Å². The van der Waals surface area contributed by atoms with Crippen molar-refractivity contribution in [1.29, 1.82) is 0 Å². The third-order valence-electron chi connectivity index (χ3n) is 3.89. The summed E-state index contributed by atoms with van der Waals surface area (Å²) in [6, 6.07) is 2.74. The average molecular weight is 342 g/mol. The standard InChI is InChI=1S/C17H24F2N2O3/c18-15-2-3-16(19)14(10-15)11-21-17(22)20-6-1-7-24-12-13-4-8-23-9-5-13/h2-3,10,13H,1,4-9,11-12H2,(H2,20,21,22). The highest BCUT2D eigenvalue weighted by Gasteiger charge is 2.13. The van der Waals surface area contributed by atoms with E-state index in [0.29, 0.717) is 25.5 Å². The molecular weight excluding hydrogens is 318 g/mol. The van der Waals surface area contributed by atoms with Crippen LogP contribution < -0.4 is 10.6 Å². The predicted octanol–water partition coefficient (Wildman–Crippen LogP) is 2.60. The van der Waals surface area contributed by atoms with E-state index < -0.39 is 17.7 Å². The van der Waals surface area contributed by atoms with Crippen molar-refractivity contribution in [2.24, 2.45) is 5.92 Å². The van der Waals surface area contributed by atoms with Crippen molar-refractivity contribution in [2.45, 2.75) is 25.8 Å². The van der Waals surface area contributed by atoms with Gasteiger partial charge in [0.2, 0.25) is 0 Å². The highest BCUT2D eigenvalue weighted by Crippen LogP contribution is 2.14. The van der Waals surface area contributed by atoms with Crippen LogP contribution in [0.1, 0.15) is 24.8 Å². The predicted molar refractivity (Wildman–Crippen MR) is 85.6 cm³/mol. The van der Waals surface area contributed by atoms with Gasteiger partial charge in [0.05, 0.1) is 0 Å². The number of carbonyl (C=O) groups is 1. The zero-order valence-electron chi connectivity index (χ0n) is 13.7. The molecule has 1 saturated heterocycles. The normalized spacial score (nSPS) is 15.2. The zero-order valence-corrected chi connectivity index (χ0v) is 13.7. The van der Waals surface area contributed by atoms with Crippen LogP contribution >= 0.6 is 0 Å². The Morgan fingerprint density at radius 1 is 1.25 bits per heavy atom. The summed E-state index contributed by atoms with van der Waals surface area (Å²) in [6.07, 6.45) is 2.78. The summed E-state index contributed by atoms with van der Waals surface area (Å²) >= 11 is 0. The molecule has 1 fully saturated rings. The van der Waals surface area contributed by atoms with Crippen molar-refractivity contribution in [1.82, 2.24) is 10.6 Å². The number of benzene rings is 1. The smallest absolute Gasteiger partial charge is 0.315 e. The molecule has 0 aliphatic carbocycles. The first-order chi connectivity index (χ1) is 11.6. The Labute approximate surface area is 140 Å². The van der Waals surface area contributed by atoms with Gasteiger partial charge < -0.3 is 20.1 Å². The topological polar surface area (TPSA) is 59.6 Å².